The van der Waals surface area contributed by atoms with Crippen molar-refractivity contribution in [2.75, 3.05) is 13.7 Å². The largest absolute Gasteiger partial charge is 0.496 e. The predicted octanol–water partition coefficient (Wildman–Crippen LogP) is 6.54. The van der Waals surface area contributed by atoms with E-state index in [0.717, 1.165) is 52.0 Å². The van der Waals surface area contributed by atoms with Crippen LogP contribution in [0.4, 0.5) is 4.39 Å². The number of methoxy groups -OCH3 is 1. The van der Waals surface area contributed by atoms with Crippen molar-refractivity contribution >= 4 is 5.97 Å². The van der Waals surface area contributed by atoms with E-state index < -0.39 is 0 Å². The summed E-state index contributed by atoms with van der Waals surface area (Å²) in [6.45, 7) is 9.59. The zero-order chi connectivity index (χ0) is 24.8. The van der Waals surface area contributed by atoms with Gasteiger partial charge in [-0.1, -0.05) is 18.2 Å². The van der Waals surface area contributed by atoms with Crippen LogP contribution in [0.1, 0.15) is 41.7 Å². The lowest BCUT2D eigenvalue weighted by Crippen LogP contribution is -2.19. The van der Waals surface area contributed by atoms with Gasteiger partial charge in [-0.3, -0.25) is 0 Å². The van der Waals surface area contributed by atoms with Crippen LogP contribution in [0.15, 0.2) is 48.5 Å². The molecule has 0 aliphatic carbocycles. The lowest BCUT2D eigenvalue weighted by Gasteiger charge is -2.18. The van der Waals surface area contributed by atoms with Crippen LogP contribution in [0, 0.1) is 26.6 Å². The Labute approximate surface area is 201 Å². The number of ether oxygens (including phenoxy) is 3. The van der Waals surface area contributed by atoms with E-state index in [1.807, 2.05) is 52.0 Å². The van der Waals surface area contributed by atoms with Gasteiger partial charge in [0.05, 0.1) is 13.2 Å². The van der Waals surface area contributed by atoms with E-state index in [-0.39, 0.29) is 24.5 Å². The summed E-state index contributed by atoms with van der Waals surface area (Å²) in [6.07, 6.45) is 1.34. The zero-order valence-corrected chi connectivity index (χ0v) is 20.8. The summed E-state index contributed by atoms with van der Waals surface area (Å²) in [7, 11) is 1.68. The van der Waals surface area contributed by atoms with Gasteiger partial charge in [0.2, 0.25) is 0 Å². The summed E-state index contributed by atoms with van der Waals surface area (Å²) in [6, 6.07) is 14.6. The summed E-state index contributed by atoms with van der Waals surface area (Å²) in [5.74, 6) is 0.885. The molecular weight excluding hydrogens is 431 g/mol. The van der Waals surface area contributed by atoms with Crippen molar-refractivity contribution in [1.82, 2.24) is 0 Å². The zero-order valence-electron chi connectivity index (χ0n) is 20.8. The first-order chi connectivity index (χ1) is 16.2. The maximum Gasteiger partial charge on any atom is 0.344 e. The summed E-state index contributed by atoms with van der Waals surface area (Å²) in [4.78, 5) is 11.9. The van der Waals surface area contributed by atoms with Gasteiger partial charge in [-0.2, -0.15) is 0 Å². The van der Waals surface area contributed by atoms with Gasteiger partial charge in [0.25, 0.3) is 0 Å². The van der Waals surface area contributed by atoms with Crippen LogP contribution in [0.2, 0.25) is 0 Å². The molecule has 4 nitrogen and oxygen atoms in total. The molecule has 0 spiro atoms. The standard InChI is InChI=1S/C29H33FO4/c1-18(2)34-28(31)17-33-27-13-10-19(3)26(21(27)5)12-11-23-15-24(14-20(4)29(23)32-6)22-8-7-9-25(30)16-22/h7-10,13-16,18H,11-12,17H2,1-6H3. The SMILES string of the molecule is COc1c(C)cc(-c2cccc(F)c2)cc1CCc1c(C)ccc(OCC(=O)OC(C)C)c1C. The summed E-state index contributed by atoms with van der Waals surface area (Å²) >= 11 is 0. The second-order valence-electron chi connectivity index (χ2n) is 8.81. The average Bonchev–Trinajstić information content (AvgIpc) is 2.77. The molecule has 0 aromatic heterocycles. The maximum absolute atomic E-state index is 13.8. The monoisotopic (exact) mass is 464 g/mol. The third-order valence-electron chi connectivity index (χ3n) is 5.85. The third kappa shape index (κ3) is 6.16. The second kappa shape index (κ2) is 11.2. The molecule has 0 N–H and O–H groups in total. The van der Waals surface area contributed by atoms with Crippen molar-refractivity contribution < 1.29 is 23.4 Å². The highest BCUT2D eigenvalue weighted by Gasteiger charge is 2.15. The van der Waals surface area contributed by atoms with Gasteiger partial charge >= 0.3 is 5.97 Å². The fourth-order valence-corrected chi connectivity index (χ4v) is 4.26. The minimum absolute atomic E-state index is 0.121. The molecule has 0 saturated carbocycles. The first-order valence-corrected chi connectivity index (χ1v) is 11.5. The molecule has 0 heterocycles. The maximum atomic E-state index is 13.8. The molecule has 180 valence electrons. The second-order valence-corrected chi connectivity index (χ2v) is 8.81. The number of benzene rings is 3. The van der Waals surface area contributed by atoms with E-state index in [1.54, 1.807) is 19.2 Å². The van der Waals surface area contributed by atoms with Crippen LogP contribution in [0.25, 0.3) is 11.1 Å². The van der Waals surface area contributed by atoms with Crippen LogP contribution < -0.4 is 9.47 Å². The highest BCUT2D eigenvalue weighted by atomic mass is 19.1. The van der Waals surface area contributed by atoms with Crippen molar-refractivity contribution in [1.29, 1.82) is 0 Å². The molecule has 0 aliphatic heterocycles. The molecule has 0 aliphatic rings. The molecule has 0 bridgehead atoms. The number of carbonyl (C=O) groups excluding carboxylic acids is 1. The highest BCUT2D eigenvalue weighted by Crippen LogP contribution is 2.33. The van der Waals surface area contributed by atoms with Crippen molar-refractivity contribution in [3.8, 4) is 22.6 Å². The first-order valence-electron chi connectivity index (χ1n) is 11.5. The van der Waals surface area contributed by atoms with Crippen molar-refractivity contribution in [3.63, 3.8) is 0 Å². The minimum atomic E-state index is -0.383. The lowest BCUT2D eigenvalue weighted by molar-refractivity contribution is -0.149. The Kier molecular flexibility index (Phi) is 8.32. The molecule has 3 aromatic rings. The van der Waals surface area contributed by atoms with Gasteiger partial charge < -0.3 is 14.2 Å². The average molecular weight is 465 g/mol. The fraction of sp³-hybridized carbons (Fsp3) is 0.345. The Morgan fingerprint density at radius 3 is 2.38 bits per heavy atom. The summed E-state index contributed by atoms with van der Waals surface area (Å²) in [5, 5.41) is 0. The summed E-state index contributed by atoms with van der Waals surface area (Å²) in [5.41, 5.74) is 7.21. The third-order valence-corrected chi connectivity index (χ3v) is 5.85. The predicted molar refractivity (Wildman–Crippen MR) is 133 cm³/mol. The number of esters is 1. The number of rotatable bonds is 9. The Balaban J connectivity index is 1.85. The normalized spacial score (nSPS) is 10.9. The van der Waals surface area contributed by atoms with E-state index >= 15 is 0 Å². The topological polar surface area (TPSA) is 44.8 Å². The molecule has 0 radical (unpaired) electrons. The van der Waals surface area contributed by atoms with E-state index in [9.17, 15) is 9.18 Å². The van der Waals surface area contributed by atoms with Crippen LogP contribution in [0.5, 0.6) is 11.5 Å². The van der Waals surface area contributed by atoms with Gasteiger partial charge in [0.15, 0.2) is 6.61 Å². The first kappa shape index (κ1) is 25.3. The minimum Gasteiger partial charge on any atom is -0.496 e. The molecule has 0 amide bonds. The molecule has 5 heteroatoms. The van der Waals surface area contributed by atoms with Crippen LogP contribution >= 0.6 is 0 Å². The van der Waals surface area contributed by atoms with Crippen LogP contribution in [0.3, 0.4) is 0 Å². The van der Waals surface area contributed by atoms with Gasteiger partial charge in [0.1, 0.15) is 17.3 Å². The smallest absolute Gasteiger partial charge is 0.344 e. The van der Waals surface area contributed by atoms with Crippen LogP contribution in [-0.2, 0) is 22.4 Å². The number of aryl methyl sites for hydroxylation is 3. The van der Waals surface area contributed by atoms with E-state index in [1.165, 1.54) is 11.6 Å². The van der Waals surface area contributed by atoms with Crippen molar-refractivity contribution in [2.24, 2.45) is 0 Å². The number of carbonyl (C=O) groups is 1. The lowest BCUT2D eigenvalue weighted by atomic mass is 9.92. The molecule has 0 atom stereocenters. The van der Waals surface area contributed by atoms with Gasteiger partial charge in [-0.15, -0.1) is 0 Å². The van der Waals surface area contributed by atoms with Crippen molar-refractivity contribution in [3.05, 3.63) is 82.2 Å². The number of hydrogen-bond donors (Lipinski definition) is 0. The molecule has 3 aromatic carbocycles. The molecule has 0 saturated heterocycles. The van der Waals surface area contributed by atoms with Gasteiger partial charge in [-0.25, -0.2) is 9.18 Å². The molecule has 0 fully saturated rings. The van der Waals surface area contributed by atoms with Crippen LogP contribution in [-0.4, -0.2) is 25.8 Å². The van der Waals surface area contributed by atoms with E-state index in [2.05, 4.69) is 13.0 Å². The van der Waals surface area contributed by atoms with E-state index in [0.29, 0.717) is 5.75 Å². The van der Waals surface area contributed by atoms with Gasteiger partial charge in [0, 0.05) is 0 Å². The molecular formula is C29H33FO4. The Bertz CT molecular complexity index is 1170. The fourth-order valence-electron chi connectivity index (χ4n) is 4.26. The number of hydrogen-bond acceptors (Lipinski definition) is 4. The summed E-state index contributed by atoms with van der Waals surface area (Å²) < 4.78 is 30.4. The Morgan fingerprint density at radius 2 is 1.71 bits per heavy atom. The van der Waals surface area contributed by atoms with E-state index in [4.69, 9.17) is 14.2 Å². The van der Waals surface area contributed by atoms with Crippen molar-refractivity contribution in [2.45, 2.75) is 53.6 Å². The van der Waals surface area contributed by atoms with Gasteiger partial charge in [-0.05, 0) is 117 Å². The molecule has 0 unspecified atom stereocenters. The molecule has 3 rings (SSSR count). The Morgan fingerprint density at radius 1 is 0.941 bits per heavy atom. The quantitative estimate of drug-likeness (QED) is 0.337. The molecule has 34 heavy (non-hydrogen) atoms. The highest BCUT2D eigenvalue weighted by molar-refractivity contribution is 5.71. The Hall–Kier alpha value is -3.34. The number of halogens is 1.